The number of rotatable bonds is 4. The lowest BCUT2D eigenvalue weighted by Gasteiger charge is -2.19. The molecule has 0 bridgehead atoms. The number of amides is 2. The molecule has 0 N–H and O–H groups in total. The predicted molar refractivity (Wildman–Crippen MR) is 104 cm³/mol. The number of esters is 1. The predicted octanol–water partition coefficient (Wildman–Crippen LogP) is 2.88. The quantitative estimate of drug-likeness (QED) is 0.341. The molecule has 1 saturated carbocycles. The summed E-state index contributed by atoms with van der Waals surface area (Å²) in [5, 5.41) is 0.776. The van der Waals surface area contributed by atoms with Crippen molar-refractivity contribution in [2.24, 2.45) is 11.8 Å². The number of fused-ring (bicyclic) bond motifs is 2. The normalized spacial score (nSPS) is 21.5. The fraction of sp³-hybridized carbons (Fsp3) is 0.455. The smallest absolute Gasteiger partial charge is 0.336 e. The first-order chi connectivity index (χ1) is 13.9. The first-order valence-corrected chi connectivity index (χ1v) is 9.97. The van der Waals surface area contributed by atoms with E-state index >= 15 is 0 Å². The van der Waals surface area contributed by atoms with Crippen LogP contribution >= 0.6 is 0 Å². The molecule has 2 fully saturated rings. The second-order valence-corrected chi connectivity index (χ2v) is 7.86. The van der Waals surface area contributed by atoms with Crippen molar-refractivity contribution in [3.05, 3.63) is 39.7 Å². The number of benzene rings is 1. The van der Waals surface area contributed by atoms with E-state index in [1.807, 2.05) is 6.92 Å². The van der Waals surface area contributed by atoms with Gasteiger partial charge in [-0.05, 0) is 44.4 Å². The second kappa shape index (κ2) is 7.46. The number of hydrogen-bond acceptors (Lipinski definition) is 6. The first kappa shape index (κ1) is 19.4. The van der Waals surface area contributed by atoms with Gasteiger partial charge in [0, 0.05) is 23.6 Å². The molecule has 1 aliphatic carbocycles. The number of imide groups is 1. The van der Waals surface area contributed by atoms with Crippen molar-refractivity contribution in [3.63, 3.8) is 0 Å². The summed E-state index contributed by atoms with van der Waals surface area (Å²) in [4.78, 5) is 50.2. The molecule has 1 aliphatic heterocycles. The summed E-state index contributed by atoms with van der Waals surface area (Å²) in [6.07, 6.45) is 3.35. The average Bonchev–Trinajstić information content (AvgIpc) is 2.93. The first-order valence-electron chi connectivity index (χ1n) is 9.97. The van der Waals surface area contributed by atoms with Crippen molar-refractivity contribution in [1.29, 1.82) is 0 Å². The van der Waals surface area contributed by atoms with Crippen LogP contribution in [0.15, 0.2) is 27.4 Å². The Balaban J connectivity index is 1.45. The molecule has 2 atom stereocenters. The zero-order valence-electron chi connectivity index (χ0n) is 16.5. The Kier molecular flexibility index (Phi) is 4.98. The SMILES string of the molecule is Cc1cc(=O)oc2c(C)c(OC(=O)CCN3C(=O)[C@@H]4CCCC[C@H]4C3=O)ccc12. The van der Waals surface area contributed by atoms with Crippen molar-refractivity contribution < 1.29 is 23.5 Å². The molecule has 2 aromatic rings. The number of ether oxygens (including phenoxy) is 1. The Morgan fingerprint density at radius 1 is 1.10 bits per heavy atom. The molecule has 29 heavy (non-hydrogen) atoms. The van der Waals surface area contributed by atoms with E-state index in [9.17, 15) is 19.2 Å². The summed E-state index contributed by atoms with van der Waals surface area (Å²) in [7, 11) is 0. The van der Waals surface area contributed by atoms with Crippen molar-refractivity contribution in [2.75, 3.05) is 6.54 Å². The summed E-state index contributed by atoms with van der Waals surface area (Å²) in [6.45, 7) is 3.56. The zero-order chi connectivity index (χ0) is 20.7. The van der Waals surface area contributed by atoms with Crippen LogP contribution in [-0.2, 0) is 14.4 Å². The van der Waals surface area contributed by atoms with Crippen LogP contribution < -0.4 is 10.4 Å². The lowest BCUT2D eigenvalue weighted by atomic mass is 9.81. The molecule has 0 radical (unpaired) electrons. The van der Waals surface area contributed by atoms with Gasteiger partial charge in [-0.3, -0.25) is 19.3 Å². The summed E-state index contributed by atoms with van der Waals surface area (Å²) in [5.74, 6) is -1.01. The Bertz CT molecular complexity index is 1040. The zero-order valence-corrected chi connectivity index (χ0v) is 16.5. The van der Waals surface area contributed by atoms with Crippen molar-refractivity contribution in [2.45, 2.75) is 46.0 Å². The molecular weight excluding hydrogens is 374 g/mol. The summed E-state index contributed by atoms with van der Waals surface area (Å²) >= 11 is 0. The molecule has 2 aliphatic rings. The molecule has 1 saturated heterocycles. The van der Waals surface area contributed by atoms with Crippen LogP contribution in [-0.4, -0.2) is 29.2 Å². The van der Waals surface area contributed by atoms with E-state index in [2.05, 4.69) is 0 Å². The largest absolute Gasteiger partial charge is 0.426 e. The Labute approximate surface area is 167 Å². The number of carbonyl (C=O) groups is 3. The maximum atomic E-state index is 12.5. The number of likely N-dealkylation sites (tertiary alicyclic amines) is 1. The van der Waals surface area contributed by atoms with Crippen LogP contribution in [0.1, 0.15) is 43.2 Å². The third-order valence-corrected chi connectivity index (χ3v) is 6.01. The van der Waals surface area contributed by atoms with E-state index in [-0.39, 0.29) is 36.6 Å². The third-order valence-electron chi connectivity index (χ3n) is 6.01. The van der Waals surface area contributed by atoms with Gasteiger partial charge in [0.2, 0.25) is 11.8 Å². The maximum Gasteiger partial charge on any atom is 0.336 e. The van der Waals surface area contributed by atoms with Gasteiger partial charge in [0.1, 0.15) is 11.3 Å². The molecule has 4 rings (SSSR count). The highest BCUT2D eigenvalue weighted by Crippen LogP contribution is 2.38. The van der Waals surface area contributed by atoms with E-state index in [0.717, 1.165) is 36.6 Å². The fourth-order valence-electron chi connectivity index (χ4n) is 4.44. The van der Waals surface area contributed by atoms with Gasteiger partial charge >= 0.3 is 11.6 Å². The van der Waals surface area contributed by atoms with Gasteiger partial charge in [0.15, 0.2) is 0 Å². The van der Waals surface area contributed by atoms with Crippen LogP contribution in [0.3, 0.4) is 0 Å². The molecule has 0 spiro atoms. The van der Waals surface area contributed by atoms with Gasteiger partial charge in [-0.25, -0.2) is 4.79 Å². The lowest BCUT2D eigenvalue weighted by molar-refractivity contribution is -0.141. The Morgan fingerprint density at radius 2 is 1.76 bits per heavy atom. The fourth-order valence-corrected chi connectivity index (χ4v) is 4.44. The third kappa shape index (κ3) is 3.45. The number of hydrogen-bond donors (Lipinski definition) is 0. The minimum Gasteiger partial charge on any atom is -0.426 e. The van der Waals surface area contributed by atoms with Gasteiger partial charge in [0.25, 0.3) is 0 Å². The highest BCUT2D eigenvalue weighted by molar-refractivity contribution is 6.05. The molecule has 7 nitrogen and oxygen atoms in total. The lowest BCUT2D eigenvalue weighted by Crippen LogP contribution is -2.33. The maximum absolute atomic E-state index is 12.5. The van der Waals surface area contributed by atoms with Crippen LogP contribution in [0.4, 0.5) is 0 Å². The van der Waals surface area contributed by atoms with Gasteiger partial charge in [0.05, 0.1) is 18.3 Å². The molecule has 0 unspecified atom stereocenters. The molecule has 7 heteroatoms. The van der Waals surface area contributed by atoms with E-state index < -0.39 is 11.6 Å². The van der Waals surface area contributed by atoms with Crippen LogP contribution in [0.25, 0.3) is 11.0 Å². The highest BCUT2D eigenvalue weighted by Gasteiger charge is 2.47. The van der Waals surface area contributed by atoms with E-state index in [1.165, 1.54) is 11.0 Å². The summed E-state index contributed by atoms with van der Waals surface area (Å²) in [6, 6.07) is 4.81. The van der Waals surface area contributed by atoms with Crippen molar-refractivity contribution >= 4 is 28.8 Å². The monoisotopic (exact) mass is 397 g/mol. The summed E-state index contributed by atoms with van der Waals surface area (Å²) in [5.41, 5.74) is 1.25. The van der Waals surface area contributed by atoms with Crippen molar-refractivity contribution in [1.82, 2.24) is 4.90 Å². The van der Waals surface area contributed by atoms with E-state index in [0.29, 0.717) is 16.9 Å². The average molecular weight is 397 g/mol. The topological polar surface area (TPSA) is 93.9 Å². The number of nitrogens with zero attached hydrogens (tertiary/aromatic N) is 1. The molecule has 2 heterocycles. The summed E-state index contributed by atoms with van der Waals surface area (Å²) < 4.78 is 10.7. The number of aryl methyl sites for hydroxylation is 2. The number of carbonyl (C=O) groups excluding carboxylic acids is 3. The van der Waals surface area contributed by atoms with Crippen molar-refractivity contribution in [3.8, 4) is 5.75 Å². The molecule has 2 amide bonds. The van der Waals surface area contributed by atoms with Gasteiger partial charge in [-0.15, -0.1) is 0 Å². The minimum absolute atomic E-state index is 0.0321. The van der Waals surface area contributed by atoms with Gasteiger partial charge in [-0.1, -0.05) is 12.8 Å². The van der Waals surface area contributed by atoms with Crippen LogP contribution in [0.5, 0.6) is 5.75 Å². The van der Waals surface area contributed by atoms with E-state index in [4.69, 9.17) is 9.15 Å². The Morgan fingerprint density at radius 3 is 2.41 bits per heavy atom. The van der Waals surface area contributed by atoms with Gasteiger partial charge < -0.3 is 9.15 Å². The molecule has 1 aromatic heterocycles. The molecule has 152 valence electrons. The molecular formula is C22H23NO6. The second-order valence-electron chi connectivity index (χ2n) is 7.86. The highest BCUT2D eigenvalue weighted by atomic mass is 16.5. The standard InChI is InChI=1S/C22H23NO6/c1-12-11-19(25)29-20-13(2)17(8-7-14(12)20)28-18(24)9-10-23-21(26)15-5-3-4-6-16(15)22(23)27/h7-8,11,15-16H,3-6,9-10H2,1-2H3/t15-,16-/m1/s1. The van der Waals surface area contributed by atoms with Gasteiger partial charge in [-0.2, -0.15) is 0 Å². The molecule has 1 aromatic carbocycles. The van der Waals surface area contributed by atoms with E-state index in [1.54, 1.807) is 19.1 Å². The minimum atomic E-state index is -0.544. The van der Waals surface area contributed by atoms with Crippen LogP contribution in [0.2, 0.25) is 0 Å². The Hall–Kier alpha value is -2.96. The van der Waals surface area contributed by atoms with Crippen LogP contribution in [0, 0.1) is 25.7 Å².